The molecule has 0 bridgehead atoms. The Morgan fingerprint density at radius 3 is 2.50 bits per heavy atom. The van der Waals surface area contributed by atoms with Crippen LogP contribution in [0.2, 0.25) is 0 Å². The lowest BCUT2D eigenvalue weighted by Crippen LogP contribution is -2.03. The van der Waals surface area contributed by atoms with Crippen molar-refractivity contribution in [1.29, 1.82) is 0 Å². The predicted octanol–water partition coefficient (Wildman–Crippen LogP) is 4.78. The largest absolute Gasteiger partial charge is 0.494 e. The molecule has 3 heteroatoms. The van der Waals surface area contributed by atoms with Gasteiger partial charge in [0.25, 0.3) is 0 Å². The van der Waals surface area contributed by atoms with Crippen LogP contribution >= 0.6 is 15.9 Å². The lowest BCUT2D eigenvalue weighted by Gasteiger charge is -2.08. The van der Waals surface area contributed by atoms with E-state index in [4.69, 9.17) is 4.74 Å². The van der Waals surface area contributed by atoms with Crippen molar-refractivity contribution in [3.8, 4) is 5.75 Å². The summed E-state index contributed by atoms with van der Waals surface area (Å²) in [5.41, 5.74) is 2.41. The van der Waals surface area contributed by atoms with Gasteiger partial charge in [0.2, 0.25) is 0 Å². The Morgan fingerprint density at radius 2 is 1.85 bits per heavy atom. The molecule has 104 valence electrons. The topological polar surface area (TPSA) is 26.3 Å². The summed E-state index contributed by atoms with van der Waals surface area (Å²) in [7, 11) is 0. The molecule has 0 aliphatic carbocycles. The average Bonchev–Trinajstić information content (AvgIpc) is 2.48. The lowest BCUT2D eigenvalue weighted by atomic mass is 10.0. The van der Waals surface area contributed by atoms with Gasteiger partial charge in [-0.25, -0.2) is 0 Å². The smallest absolute Gasteiger partial charge is 0.194 e. The van der Waals surface area contributed by atoms with Gasteiger partial charge in [0.15, 0.2) is 5.78 Å². The third-order valence-corrected chi connectivity index (χ3v) is 4.08. The molecule has 0 amide bonds. The van der Waals surface area contributed by atoms with E-state index in [0.29, 0.717) is 17.7 Å². The van der Waals surface area contributed by atoms with Crippen molar-refractivity contribution in [3.05, 3.63) is 63.6 Å². The summed E-state index contributed by atoms with van der Waals surface area (Å²) in [5, 5.41) is 0. The van der Waals surface area contributed by atoms with Gasteiger partial charge in [-0.05, 0) is 65.2 Å². The summed E-state index contributed by atoms with van der Waals surface area (Å²) in [6, 6.07) is 13.0. The molecule has 0 atom stereocenters. The molecule has 2 aromatic carbocycles. The number of carbonyl (C=O) groups is 1. The molecular weight excluding hydrogens is 316 g/mol. The molecule has 20 heavy (non-hydrogen) atoms. The molecule has 0 radical (unpaired) electrons. The average molecular weight is 333 g/mol. The summed E-state index contributed by atoms with van der Waals surface area (Å²) < 4.78 is 6.38. The van der Waals surface area contributed by atoms with Crippen molar-refractivity contribution in [1.82, 2.24) is 0 Å². The van der Waals surface area contributed by atoms with Gasteiger partial charge in [-0.2, -0.15) is 0 Å². The maximum absolute atomic E-state index is 12.5. The van der Waals surface area contributed by atoms with Crippen molar-refractivity contribution in [2.45, 2.75) is 20.3 Å². The van der Waals surface area contributed by atoms with Crippen LogP contribution in [0.1, 0.15) is 34.8 Å². The minimum Gasteiger partial charge on any atom is -0.494 e. The molecule has 0 aromatic heterocycles. The zero-order valence-corrected chi connectivity index (χ0v) is 13.2. The van der Waals surface area contributed by atoms with E-state index in [2.05, 4.69) is 22.9 Å². The summed E-state index contributed by atoms with van der Waals surface area (Å²) in [6.07, 6.45) is 0.969. The minimum atomic E-state index is 0.0163. The molecular formula is C17H17BrO2. The molecule has 0 fully saturated rings. The van der Waals surface area contributed by atoms with Gasteiger partial charge in [0, 0.05) is 15.6 Å². The van der Waals surface area contributed by atoms with E-state index in [1.54, 1.807) is 0 Å². The van der Waals surface area contributed by atoms with Gasteiger partial charge in [-0.1, -0.05) is 19.1 Å². The van der Waals surface area contributed by atoms with E-state index in [0.717, 1.165) is 22.2 Å². The van der Waals surface area contributed by atoms with Crippen LogP contribution in [0.4, 0.5) is 0 Å². The van der Waals surface area contributed by atoms with Crippen molar-refractivity contribution in [2.24, 2.45) is 0 Å². The number of aryl methyl sites for hydroxylation is 1. The van der Waals surface area contributed by atoms with Crippen molar-refractivity contribution in [3.63, 3.8) is 0 Å². The highest BCUT2D eigenvalue weighted by Crippen LogP contribution is 2.24. The maximum Gasteiger partial charge on any atom is 0.194 e. The van der Waals surface area contributed by atoms with Crippen molar-refractivity contribution in [2.75, 3.05) is 6.61 Å². The van der Waals surface area contributed by atoms with E-state index in [1.807, 2.05) is 49.4 Å². The fourth-order valence-corrected chi connectivity index (χ4v) is 2.35. The van der Waals surface area contributed by atoms with Crippen LogP contribution in [0.25, 0.3) is 0 Å². The Kier molecular flexibility index (Phi) is 4.96. The molecule has 0 saturated heterocycles. The molecule has 0 aliphatic heterocycles. The number of halogens is 1. The fraction of sp³-hybridized carbons (Fsp3) is 0.235. The highest BCUT2D eigenvalue weighted by atomic mass is 79.9. The number of ketones is 1. The quantitative estimate of drug-likeness (QED) is 0.736. The van der Waals surface area contributed by atoms with Crippen LogP contribution < -0.4 is 4.74 Å². The molecule has 2 rings (SSSR count). The second-order valence-electron chi connectivity index (χ2n) is 4.64. The highest BCUT2D eigenvalue weighted by molar-refractivity contribution is 9.10. The Bertz CT molecular complexity index is 603. The zero-order valence-electron chi connectivity index (χ0n) is 11.7. The van der Waals surface area contributed by atoms with E-state index < -0.39 is 0 Å². The minimum absolute atomic E-state index is 0.0163. The maximum atomic E-state index is 12.5. The molecule has 0 aliphatic rings. The monoisotopic (exact) mass is 332 g/mol. The van der Waals surface area contributed by atoms with Crippen LogP contribution in [-0.4, -0.2) is 12.4 Å². The first kappa shape index (κ1) is 14.8. The highest BCUT2D eigenvalue weighted by Gasteiger charge is 2.13. The van der Waals surface area contributed by atoms with Crippen LogP contribution in [0.15, 0.2) is 46.9 Å². The number of benzene rings is 2. The summed E-state index contributed by atoms with van der Waals surface area (Å²) in [4.78, 5) is 12.5. The van der Waals surface area contributed by atoms with Gasteiger partial charge < -0.3 is 4.74 Å². The molecule has 2 aromatic rings. The third kappa shape index (κ3) is 3.28. The number of ether oxygens (including phenoxy) is 1. The number of hydrogen-bond acceptors (Lipinski definition) is 2. The molecule has 0 unspecified atom stereocenters. The number of rotatable bonds is 5. The third-order valence-electron chi connectivity index (χ3n) is 3.03. The standard InChI is InChI=1S/C17H17BrO2/c1-3-11-20-14-9-7-13(8-10-14)17(19)15-6-4-5-12(2)16(15)18/h4-10H,3,11H2,1-2H3. The van der Waals surface area contributed by atoms with Gasteiger partial charge in [0.05, 0.1) is 6.61 Å². The first-order chi connectivity index (χ1) is 9.63. The molecule has 0 heterocycles. The van der Waals surface area contributed by atoms with Gasteiger partial charge in [-0.15, -0.1) is 0 Å². The summed E-state index contributed by atoms with van der Waals surface area (Å²) >= 11 is 3.48. The Labute approximate surface area is 127 Å². The molecule has 0 spiro atoms. The van der Waals surface area contributed by atoms with Gasteiger partial charge >= 0.3 is 0 Å². The first-order valence-corrected chi connectivity index (χ1v) is 7.45. The Morgan fingerprint density at radius 1 is 1.15 bits per heavy atom. The summed E-state index contributed by atoms with van der Waals surface area (Å²) in [5.74, 6) is 0.814. The van der Waals surface area contributed by atoms with Gasteiger partial charge in [0.1, 0.15) is 5.75 Å². The molecule has 0 N–H and O–H groups in total. The first-order valence-electron chi connectivity index (χ1n) is 6.66. The fourth-order valence-electron chi connectivity index (χ4n) is 1.90. The van der Waals surface area contributed by atoms with Crippen LogP contribution in [0.5, 0.6) is 5.75 Å². The van der Waals surface area contributed by atoms with Crippen LogP contribution in [0, 0.1) is 6.92 Å². The Balaban J connectivity index is 2.23. The van der Waals surface area contributed by atoms with E-state index in [-0.39, 0.29) is 5.78 Å². The van der Waals surface area contributed by atoms with Crippen molar-refractivity contribution >= 4 is 21.7 Å². The lowest BCUT2D eigenvalue weighted by molar-refractivity contribution is 0.103. The molecule has 0 saturated carbocycles. The van der Waals surface area contributed by atoms with E-state index in [9.17, 15) is 4.79 Å². The summed E-state index contributed by atoms with van der Waals surface area (Å²) in [6.45, 7) is 4.73. The normalized spacial score (nSPS) is 10.3. The zero-order chi connectivity index (χ0) is 14.5. The van der Waals surface area contributed by atoms with E-state index >= 15 is 0 Å². The second-order valence-corrected chi connectivity index (χ2v) is 5.43. The SMILES string of the molecule is CCCOc1ccc(C(=O)c2cccc(C)c2Br)cc1. The number of carbonyl (C=O) groups excluding carboxylic acids is 1. The van der Waals surface area contributed by atoms with Crippen LogP contribution in [-0.2, 0) is 0 Å². The predicted molar refractivity (Wildman–Crippen MR) is 84.5 cm³/mol. The Hall–Kier alpha value is -1.61. The molecule has 2 nitrogen and oxygen atoms in total. The number of hydrogen-bond donors (Lipinski definition) is 0. The second kappa shape index (κ2) is 6.71. The van der Waals surface area contributed by atoms with Crippen molar-refractivity contribution < 1.29 is 9.53 Å². The van der Waals surface area contributed by atoms with E-state index in [1.165, 1.54) is 0 Å². The van der Waals surface area contributed by atoms with Crippen LogP contribution in [0.3, 0.4) is 0 Å². The van der Waals surface area contributed by atoms with Gasteiger partial charge in [-0.3, -0.25) is 4.79 Å².